The Morgan fingerprint density at radius 3 is 2.50 bits per heavy atom. The highest BCUT2D eigenvalue weighted by atomic mass is 16.3. The summed E-state index contributed by atoms with van der Waals surface area (Å²) in [5, 5.41) is 20.1. The third-order valence-electron chi connectivity index (χ3n) is 8.61. The van der Waals surface area contributed by atoms with Crippen LogP contribution >= 0.6 is 0 Å². The molecule has 3 rings (SSSR count). The molecule has 8 atom stereocenters. The van der Waals surface area contributed by atoms with E-state index in [1.807, 2.05) is 0 Å². The molecule has 3 fully saturated rings. The van der Waals surface area contributed by atoms with Crippen molar-refractivity contribution < 1.29 is 10.2 Å². The minimum absolute atomic E-state index is 0.104. The molecule has 3 aliphatic rings. The number of allylic oxidation sites excluding steroid dienone is 1. The first-order valence-electron chi connectivity index (χ1n) is 9.96. The Kier molecular flexibility index (Phi) is 4.92. The highest BCUT2D eigenvalue weighted by Crippen LogP contribution is 2.64. The van der Waals surface area contributed by atoms with Gasteiger partial charge in [0.15, 0.2) is 0 Å². The van der Waals surface area contributed by atoms with E-state index in [0.717, 1.165) is 25.8 Å². The first kappa shape index (κ1) is 18.4. The van der Waals surface area contributed by atoms with Gasteiger partial charge in [0.2, 0.25) is 0 Å². The molecule has 1 unspecified atom stereocenters. The Balaban J connectivity index is 1.90. The van der Waals surface area contributed by atoms with Crippen LogP contribution in [0.1, 0.15) is 59.3 Å². The first-order chi connectivity index (χ1) is 11.3. The van der Waals surface area contributed by atoms with Crippen molar-refractivity contribution in [1.82, 2.24) is 0 Å². The van der Waals surface area contributed by atoms with Gasteiger partial charge in [0.05, 0.1) is 6.10 Å². The minimum atomic E-state index is -0.244. The van der Waals surface area contributed by atoms with Crippen LogP contribution in [0.4, 0.5) is 0 Å². The molecule has 3 heteroatoms. The lowest BCUT2D eigenvalue weighted by atomic mass is 9.49. The highest BCUT2D eigenvalue weighted by Gasteiger charge is 2.57. The summed E-state index contributed by atoms with van der Waals surface area (Å²) in [6, 6.07) is 0. The molecule has 4 N–H and O–H groups in total. The molecule has 0 aliphatic heterocycles. The topological polar surface area (TPSA) is 66.5 Å². The third kappa shape index (κ3) is 2.59. The molecule has 138 valence electrons. The normalized spacial score (nSPS) is 52.3. The van der Waals surface area contributed by atoms with Crippen LogP contribution in [0.15, 0.2) is 12.2 Å². The lowest BCUT2D eigenvalue weighted by Gasteiger charge is -2.56. The van der Waals surface area contributed by atoms with Crippen LogP contribution in [0.2, 0.25) is 0 Å². The van der Waals surface area contributed by atoms with Gasteiger partial charge in [0, 0.05) is 6.61 Å². The van der Waals surface area contributed by atoms with E-state index in [9.17, 15) is 10.2 Å². The summed E-state index contributed by atoms with van der Waals surface area (Å²) >= 11 is 0. The SMILES string of the molecule is C=C1C(C)C[C@H]2[C@H](CN)[C@@H]([C@@]3(C)CC[C@H](O)C[C@@H]3CO)CC[C@]12C. The number of aliphatic hydroxyl groups is 2. The maximum Gasteiger partial charge on any atom is 0.0544 e. The second kappa shape index (κ2) is 6.41. The molecule has 0 aromatic carbocycles. The van der Waals surface area contributed by atoms with Crippen molar-refractivity contribution >= 4 is 0 Å². The molecular weight excluding hydrogens is 298 g/mol. The van der Waals surface area contributed by atoms with Crippen molar-refractivity contribution in [3.63, 3.8) is 0 Å². The Hall–Kier alpha value is -0.380. The molecule has 0 bridgehead atoms. The molecular formula is C21H37NO2. The molecule has 0 aromatic rings. The minimum Gasteiger partial charge on any atom is -0.396 e. The standard InChI is InChI=1S/C21H37NO2/c1-13-9-19-17(11-22)18(6-8-20(19,3)14(13)2)21(4)7-5-16(24)10-15(21)12-23/h13,15-19,23-24H,2,5-12,22H2,1,3-4H3/t13?,15-,16+,17-,18+,19+,20-,21+/m1/s1. The van der Waals surface area contributed by atoms with Crippen LogP contribution < -0.4 is 5.73 Å². The fourth-order valence-electron chi connectivity index (χ4n) is 6.84. The zero-order chi connectivity index (χ0) is 17.7. The van der Waals surface area contributed by atoms with Crippen molar-refractivity contribution in [2.24, 2.45) is 46.2 Å². The van der Waals surface area contributed by atoms with Crippen LogP contribution in [0.25, 0.3) is 0 Å². The summed E-state index contributed by atoms with van der Waals surface area (Å²) < 4.78 is 0. The van der Waals surface area contributed by atoms with Gasteiger partial charge in [-0.2, -0.15) is 0 Å². The van der Waals surface area contributed by atoms with Crippen molar-refractivity contribution in [3.05, 3.63) is 12.2 Å². The molecule has 0 saturated heterocycles. The average molecular weight is 336 g/mol. The number of nitrogens with two attached hydrogens (primary N) is 1. The van der Waals surface area contributed by atoms with Crippen molar-refractivity contribution in [3.8, 4) is 0 Å². The highest BCUT2D eigenvalue weighted by molar-refractivity contribution is 5.23. The lowest BCUT2D eigenvalue weighted by molar-refractivity contribution is -0.0918. The second-order valence-electron chi connectivity index (χ2n) is 9.54. The molecule has 0 radical (unpaired) electrons. The van der Waals surface area contributed by atoms with E-state index in [1.165, 1.54) is 24.8 Å². The lowest BCUT2D eigenvalue weighted by Crippen LogP contribution is -2.52. The number of hydrogen-bond acceptors (Lipinski definition) is 3. The number of fused-ring (bicyclic) bond motifs is 1. The monoisotopic (exact) mass is 335 g/mol. The molecule has 3 aliphatic carbocycles. The van der Waals surface area contributed by atoms with Crippen LogP contribution in [0.5, 0.6) is 0 Å². The van der Waals surface area contributed by atoms with Gasteiger partial charge in [0.25, 0.3) is 0 Å². The van der Waals surface area contributed by atoms with Crippen molar-refractivity contribution in [2.45, 2.75) is 65.4 Å². The average Bonchev–Trinajstić information content (AvgIpc) is 2.79. The quantitative estimate of drug-likeness (QED) is 0.693. The van der Waals surface area contributed by atoms with Gasteiger partial charge in [-0.1, -0.05) is 32.9 Å². The van der Waals surface area contributed by atoms with Gasteiger partial charge in [-0.3, -0.25) is 0 Å². The van der Waals surface area contributed by atoms with E-state index < -0.39 is 0 Å². The predicted octanol–water partition coefficient (Wildman–Crippen LogP) is 3.35. The van der Waals surface area contributed by atoms with E-state index in [1.54, 1.807) is 0 Å². The van der Waals surface area contributed by atoms with Crippen molar-refractivity contribution in [1.29, 1.82) is 0 Å². The summed E-state index contributed by atoms with van der Waals surface area (Å²) in [7, 11) is 0. The Bertz CT molecular complexity index is 492. The Morgan fingerprint density at radius 2 is 1.88 bits per heavy atom. The predicted molar refractivity (Wildman–Crippen MR) is 98.3 cm³/mol. The fraction of sp³-hybridized carbons (Fsp3) is 0.905. The zero-order valence-electron chi connectivity index (χ0n) is 15.8. The van der Waals surface area contributed by atoms with E-state index in [4.69, 9.17) is 5.73 Å². The Morgan fingerprint density at radius 1 is 1.17 bits per heavy atom. The van der Waals surface area contributed by atoms with Gasteiger partial charge >= 0.3 is 0 Å². The molecule has 0 aromatic heterocycles. The van der Waals surface area contributed by atoms with E-state index in [-0.39, 0.29) is 29.5 Å². The largest absolute Gasteiger partial charge is 0.396 e. The smallest absolute Gasteiger partial charge is 0.0544 e. The maximum absolute atomic E-state index is 10.1. The van der Waals surface area contributed by atoms with Gasteiger partial charge in [-0.25, -0.2) is 0 Å². The summed E-state index contributed by atoms with van der Waals surface area (Å²) in [5.74, 6) is 2.50. The van der Waals surface area contributed by atoms with Crippen LogP contribution in [-0.4, -0.2) is 29.5 Å². The molecule has 24 heavy (non-hydrogen) atoms. The summed E-state index contributed by atoms with van der Waals surface area (Å²) in [4.78, 5) is 0. The van der Waals surface area contributed by atoms with E-state index in [0.29, 0.717) is 23.7 Å². The molecule has 0 heterocycles. The number of rotatable bonds is 3. The second-order valence-corrected chi connectivity index (χ2v) is 9.54. The third-order valence-corrected chi connectivity index (χ3v) is 8.61. The summed E-state index contributed by atoms with van der Waals surface area (Å²) in [5.41, 5.74) is 8.13. The van der Waals surface area contributed by atoms with Crippen LogP contribution in [0.3, 0.4) is 0 Å². The summed E-state index contributed by atoms with van der Waals surface area (Å²) in [6.07, 6.45) is 5.99. The maximum atomic E-state index is 10.1. The molecule has 0 amide bonds. The van der Waals surface area contributed by atoms with Gasteiger partial charge in [0.1, 0.15) is 0 Å². The number of aliphatic hydroxyl groups excluding tert-OH is 2. The van der Waals surface area contributed by atoms with Crippen molar-refractivity contribution in [2.75, 3.05) is 13.2 Å². The Labute approximate surface area is 147 Å². The fourth-order valence-corrected chi connectivity index (χ4v) is 6.84. The molecule has 3 saturated carbocycles. The van der Waals surface area contributed by atoms with Crippen LogP contribution in [-0.2, 0) is 0 Å². The molecule has 3 nitrogen and oxygen atoms in total. The van der Waals surface area contributed by atoms with Gasteiger partial charge in [-0.15, -0.1) is 0 Å². The number of hydrogen-bond donors (Lipinski definition) is 3. The van der Waals surface area contributed by atoms with E-state index in [2.05, 4.69) is 27.4 Å². The summed E-state index contributed by atoms with van der Waals surface area (Å²) in [6.45, 7) is 12.5. The molecule has 0 spiro atoms. The van der Waals surface area contributed by atoms with Crippen LogP contribution in [0, 0.1) is 40.4 Å². The zero-order valence-corrected chi connectivity index (χ0v) is 15.8. The van der Waals surface area contributed by atoms with E-state index >= 15 is 0 Å². The first-order valence-corrected chi connectivity index (χ1v) is 9.96. The van der Waals surface area contributed by atoms with Gasteiger partial charge < -0.3 is 15.9 Å². The van der Waals surface area contributed by atoms with Gasteiger partial charge in [-0.05, 0) is 85.5 Å².